The lowest BCUT2D eigenvalue weighted by molar-refractivity contribution is -0.116. The third-order valence-electron chi connectivity index (χ3n) is 4.53. The monoisotopic (exact) mass is 429 g/mol. The van der Waals surface area contributed by atoms with Crippen molar-refractivity contribution in [1.82, 2.24) is 5.32 Å². The number of carbonyl (C=O) groups excluding carboxylic acids is 2. The zero-order valence-corrected chi connectivity index (χ0v) is 18.4. The maximum absolute atomic E-state index is 13.0. The lowest BCUT2D eigenvalue weighted by Gasteiger charge is -2.30. The van der Waals surface area contributed by atoms with Gasteiger partial charge in [-0.3, -0.25) is 13.9 Å². The van der Waals surface area contributed by atoms with E-state index in [0.29, 0.717) is 11.4 Å². The molecule has 7 nitrogen and oxygen atoms in total. The molecule has 8 heteroatoms. The van der Waals surface area contributed by atoms with Gasteiger partial charge in [-0.15, -0.1) is 6.58 Å². The Morgan fingerprint density at radius 3 is 2.47 bits per heavy atom. The van der Waals surface area contributed by atoms with Crippen molar-refractivity contribution in [3.63, 3.8) is 0 Å². The number of carbonyl (C=O) groups is 2. The van der Waals surface area contributed by atoms with Crippen LogP contribution in [0.25, 0.3) is 0 Å². The molecule has 2 aromatic carbocycles. The van der Waals surface area contributed by atoms with Crippen LogP contribution >= 0.6 is 0 Å². The van der Waals surface area contributed by atoms with Crippen molar-refractivity contribution in [1.29, 1.82) is 0 Å². The van der Waals surface area contributed by atoms with E-state index in [1.54, 1.807) is 43.3 Å². The third-order valence-corrected chi connectivity index (χ3v) is 5.75. The first kappa shape index (κ1) is 23.2. The Labute approximate surface area is 177 Å². The van der Waals surface area contributed by atoms with Crippen LogP contribution in [0.5, 0.6) is 0 Å². The van der Waals surface area contributed by atoms with Crippen molar-refractivity contribution in [3.05, 3.63) is 71.8 Å². The highest BCUT2D eigenvalue weighted by molar-refractivity contribution is 7.92. The zero-order valence-electron chi connectivity index (χ0n) is 17.6. The van der Waals surface area contributed by atoms with Crippen molar-refractivity contribution in [3.8, 4) is 0 Å². The van der Waals surface area contributed by atoms with E-state index < -0.39 is 22.0 Å². The predicted octanol–water partition coefficient (Wildman–Crippen LogP) is 3.01. The molecule has 0 spiro atoms. The summed E-state index contributed by atoms with van der Waals surface area (Å²) in [6.45, 7) is 9.00. The summed E-state index contributed by atoms with van der Waals surface area (Å²) >= 11 is 0. The molecule has 0 saturated heterocycles. The second-order valence-corrected chi connectivity index (χ2v) is 8.92. The van der Waals surface area contributed by atoms with Crippen molar-refractivity contribution in [2.45, 2.75) is 26.8 Å². The minimum Gasteiger partial charge on any atom is -0.349 e. The molecule has 0 aliphatic heterocycles. The molecule has 0 aliphatic rings. The van der Waals surface area contributed by atoms with Gasteiger partial charge in [0, 0.05) is 6.54 Å². The smallest absolute Gasteiger partial charge is 0.253 e. The number of aryl methyl sites for hydroxylation is 2. The van der Waals surface area contributed by atoms with Crippen molar-refractivity contribution in [2.24, 2.45) is 0 Å². The van der Waals surface area contributed by atoms with Gasteiger partial charge in [0.2, 0.25) is 15.9 Å². The summed E-state index contributed by atoms with van der Waals surface area (Å²) in [5, 5.41) is 5.36. The van der Waals surface area contributed by atoms with Crippen molar-refractivity contribution in [2.75, 3.05) is 22.4 Å². The van der Waals surface area contributed by atoms with Gasteiger partial charge in [-0.25, -0.2) is 8.42 Å². The normalized spacial score (nSPS) is 12.0. The Bertz CT molecular complexity index is 1060. The second-order valence-electron chi connectivity index (χ2n) is 7.06. The van der Waals surface area contributed by atoms with E-state index >= 15 is 0 Å². The summed E-state index contributed by atoms with van der Waals surface area (Å²) in [7, 11) is -3.75. The van der Waals surface area contributed by atoms with Gasteiger partial charge < -0.3 is 10.6 Å². The molecular formula is C22H27N3O4S. The first-order valence-corrected chi connectivity index (χ1v) is 11.3. The molecular weight excluding hydrogens is 402 g/mol. The standard InChI is InChI=1S/C22H27N3O4S/c1-6-13-23-22(27)18-9-7-8-10-19(18)24-21(26)17(4)25(30(5,28)29)20-14-15(2)11-12-16(20)3/h6-12,14,17H,1,13H2,2-5H3,(H,23,27)(H,24,26)/t17-/m0/s1. The van der Waals surface area contributed by atoms with Crippen LogP contribution in [0.15, 0.2) is 55.1 Å². The van der Waals surface area contributed by atoms with Gasteiger partial charge in [0.1, 0.15) is 6.04 Å². The van der Waals surface area contributed by atoms with Crippen molar-refractivity contribution >= 4 is 33.2 Å². The predicted molar refractivity (Wildman–Crippen MR) is 120 cm³/mol. The number of para-hydroxylation sites is 1. The Balaban J connectivity index is 2.37. The Hall–Kier alpha value is -3.13. The minimum atomic E-state index is -3.75. The average molecular weight is 430 g/mol. The third kappa shape index (κ3) is 5.48. The number of hydrogen-bond acceptors (Lipinski definition) is 4. The molecule has 1 atom stereocenters. The number of benzene rings is 2. The number of hydrogen-bond donors (Lipinski definition) is 2. The summed E-state index contributed by atoms with van der Waals surface area (Å²) in [6.07, 6.45) is 2.62. The minimum absolute atomic E-state index is 0.276. The highest BCUT2D eigenvalue weighted by Crippen LogP contribution is 2.27. The molecule has 160 valence electrons. The maximum atomic E-state index is 13.0. The molecule has 2 N–H and O–H groups in total. The van der Waals surface area contributed by atoms with Gasteiger partial charge in [-0.2, -0.15) is 0 Å². The topological polar surface area (TPSA) is 95.6 Å². The van der Waals surface area contributed by atoms with E-state index in [4.69, 9.17) is 0 Å². The number of anilines is 2. The maximum Gasteiger partial charge on any atom is 0.253 e. The summed E-state index contributed by atoms with van der Waals surface area (Å²) in [5.74, 6) is -0.918. The largest absolute Gasteiger partial charge is 0.349 e. The quantitative estimate of drug-likeness (QED) is 0.631. The van der Waals surface area contributed by atoms with E-state index in [0.717, 1.165) is 21.7 Å². The van der Waals surface area contributed by atoms with E-state index in [1.807, 2.05) is 19.1 Å². The molecule has 2 rings (SSSR count). The zero-order chi connectivity index (χ0) is 22.5. The number of sulfonamides is 1. The summed E-state index contributed by atoms with van der Waals surface area (Å²) in [5.41, 5.74) is 2.62. The molecule has 0 aromatic heterocycles. The summed E-state index contributed by atoms with van der Waals surface area (Å²) < 4.78 is 26.2. The van der Waals surface area contributed by atoms with Crippen LogP contribution in [0.1, 0.15) is 28.4 Å². The SMILES string of the molecule is C=CCNC(=O)c1ccccc1NC(=O)[C@H](C)N(c1cc(C)ccc1C)S(C)(=O)=O. The number of rotatable bonds is 8. The van der Waals surface area contributed by atoms with E-state index in [9.17, 15) is 18.0 Å². The molecule has 30 heavy (non-hydrogen) atoms. The Morgan fingerprint density at radius 1 is 1.17 bits per heavy atom. The van der Waals surface area contributed by atoms with E-state index in [2.05, 4.69) is 17.2 Å². The van der Waals surface area contributed by atoms with Crippen LogP contribution in [0, 0.1) is 13.8 Å². The van der Waals surface area contributed by atoms with E-state index in [-0.39, 0.29) is 18.0 Å². The second kappa shape index (κ2) is 9.58. The fourth-order valence-corrected chi connectivity index (χ4v) is 4.25. The molecule has 0 radical (unpaired) electrons. The van der Waals surface area contributed by atoms with Crippen LogP contribution in [-0.2, 0) is 14.8 Å². The van der Waals surface area contributed by atoms with Gasteiger partial charge in [0.05, 0.1) is 23.2 Å². The van der Waals surface area contributed by atoms with Gasteiger partial charge in [-0.05, 0) is 50.1 Å². The van der Waals surface area contributed by atoms with Crippen LogP contribution in [0.3, 0.4) is 0 Å². The molecule has 2 aromatic rings. The fraction of sp³-hybridized carbons (Fsp3) is 0.273. The van der Waals surface area contributed by atoms with Gasteiger partial charge >= 0.3 is 0 Å². The van der Waals surface area contributed by atoms with Gasteiger partial charge in [0.15, 0.2) is 0 Å². The number of amides is 2. The van der Waals surface area contributed by atoms with Gasteiger partial charge in [-0.1, -0.05) is 30.3 Å². The number of nitrogens with one attached hydrogen (secondary N) is 2. The number of nitrogens with zero attached hydrogens (tertiary/aromatic N) is 1. The lowest BCUT2D eigenvalue weighted by Crippen LogP contribution is -2.46. The summed E-state index contributed by atoms with van der Waals surface area (Å²) in [4.78, 5) is 25.3. The first-order chi connectivity index (χ1) is 14.1. The molecule has 0 heterocycles. The molecule has 0 aliphatic carbocycles. The molecule has 0 saturated carbocycles. The highest BCUT2D eigenvalue weighted by Gasteiger charge is 2.30. The Kier molecular flexibility index (Phi) is 7.39. The average Bonchev–Trinajstić information content (AvgIpc) is 2.68. The first-order valence-electron chi connectivity index (χ1n) is 9.42. The van der Waals surface area contributed by atoms with Crippen molar-refractivity contribution < 1.29 is 18.0 Å². The molecule has 0 bridgehead atoms. The van der Waals surface area contributed by atoms with Crippen LogP contribution < -0.4 is 14.9 Å². The lowest BCUT2D eigenvalue weighted by atomic mass is 10.1. The highest BCUT2D eigenvalue weighted by atomic mass is 32.2. The van der Waals surface area contributed by atoms with Crippen LogP contribution in [-0.4, -0.2) is 39.1 Å². The van der Waals surface area contributed by atoms with Crippen LogP contribution in [0.2, 0.25) is 0 Å². The van der Waals surface area contributed by atoms with Gasteiger partial charge in [0.25, 0.3) is 5.91 Å². The van der Waals surface area contributed by atoms with E-state index in [1.165, 1.54) is 6.92 Å². The summed E-state index contributed by atoms with van der Waals surface area (Å²) in [6, 6.07) is 10.9. The Morgan fingerprint density at radius 2 is 1.83 bits per heavy atom. The molecule has 0 unspecified atom stereocenters. The molecule has 0 fully saturated rings. The van der Waals surface area contributed by atoms with Crippen LogP contribution in [0.4, 0.5) is 11.4 Å². The molecule has 2 amide bonds. The fourth-order valence-electron chi connectivity index (χ4n) is 3.03.